The summed E-state index contributed by atoms with van der Waals surface area (Å²) in [4.78, 5) is 37.7. The van der Waals surface area contributed by atoms with Gasteiger partial charge in [0, 0.05) is 0 Å². The van der Waals surface area contributed by atoms with E-state index in [-0.39, 0.29) is 17.5 Å². The van der Waals surface area contributed by atoms with E-state index in [4.69, 9.17) is 16.3 Å². The normalized spacial score (nSPS) is 15.7. The Morgan fingerprint density at radius 1 is 1.29 bits per heavy atom. The molecule has 0 aromatic heterocycles. The van der Waals surface area contributed by atoms with Crippen LogP contribution >= 0.6 is 11.6 Å². The van der Waals surface area contributed by atoms with E-state index < -0.39 is 30.2 Å². The van der Waals surface area contributed by atoms with Crippen molar-refractivity contribution in [1.82, 2.24) is 10.2 Å². The van der Waals surface area contributed by atoms with Crippen LogP contribution in [-0.2, 0) is 9.59 Å². The highest BCUT2D eigenvalue weighted by Gasteiger charge is 2.35. The molecule has 0 unspecified atom stereocenters. The molecule has 7 nitrogen and oxygen atoms in total. The number of hydrogen-bond donors (Lipinski definition) is 2. The zero-order valence-electron chi connectivity index (χ0n) is 16.9. The molecule has 2 aromatic rings. The largest absolute Gasteiger partial charge is 0.489 e. The molecule has 1 atom stereocenters. The SMILES string of the molecule is CC[C@H](C)Oc1ccc(/C=C2\NC(=O)N(CC(=O)Nc3ccccc3F)C2=O)cc1Cl. The van der Waals surface area contributed by atoms with Crippen LogP contribution in [0.1, 0.15) is 25.8 Å². The molecule has 3 rings (SSSR count). The number of hydrogen-bond acceptors (Lipinski definition) is 4. The number of halogens is 2. The summed E-state index contributed by atoms with van der Waals surface area (Å²) in [5.74, 6) is -1.48. The molecule has 1 heterocycles. The van der Waals surface area contributed by atoms with Crippen LogP contribution in [0, 0.1) is 5.82 Å². The average Bonchev–Trinajstić information content (AvgIpc) is 2.99. The highest BCUT2D eigenvalue weighted by molar-refractivity contribution is 6.32. The van der Waals surface area contributed by atoms with Crippen molar-refractivity contribution in [3.05, 3.63) is 64.6 Å². The van der Waals surface area contributed by atoms with Crippen LogP contribution < -0.4 is 15.4 Å². The van der Waals surface area contributed by atoms with Crippen LogP contribution in [0.3, 0.4) is 0 Å². The Morgan fingerprint density at radius 3 is 2.71 bits per heavy atom. The Labute approximate surface area is 183 Å². The molecule has 2 N–H and O–H groups in total. The predicted octanol–water partition coefficient (Wildman–Crippen LogP) is 4.19. The fraction of sp³-hybridized carbons (Fsp3) is 0.227. The van der Waals surface area contributed by atoms with Crippen LogP contribution in [0.4, 0.5) is 14.9 Å². The minimum atomic E-state index is -0.747. The van der Waals surface area contributed by atoms with Crippen LogP contribution in [0.5, 0.6) is 5.75 Å². The number of carbonyl (C=O) groups is 3. The highest BCUT2D eigenvalue weighted by atomic mass is 35.5. The van der Waals surface area contributed by atoms with Gasteiger partial charge in [0.05, 0.1) is 16.8 Å². The molecule has 0 saturated carbocycles. The van der Waals surface area contributed by atoms with E-state index in [0.717, 1.165) is 11.3 Å². The number of para-hydroxylation sites is 1. The summed E-state index contributed by atoms with van der Waals surface area (Å²) in [6.45, 7) is 3.36. The van der Waals surface area contributed by atoms with Gasteiger partial charge < -0.3 is 15.4 Å². The highest BCUT2D eigenvalue weighted by Crippen LogP contribution is 2.28. The van der Waals surface area contributed by atoms with Gasteiger partial charge in [-0.05, 0) is 49.2 Å². The lowest BCUT2D eigenvalue weighted by Crippen LogP contribution is -2.38. The van der Waals surface area contributed by atoms with Crippen LogP contribution in [0.25, 0.3) is 6.08 Å². The van der Waals surface area contributed by atoms with Gasteiger partial charge in [-0.3, -0.25) is 9.59 Å². The van der Waals surface area contributed by atoms with Crippen molar-refractivity contribution in [1.29, 1.82) is 0 Å². The standard InChI is InChI=1S/C22H21ClFN3O4/c1-3-13(2)31-19-9-8-14(10-15(19)23)11-18-21(29)27(22(30)26-18)12-20(28)25-17-7-5-4-6-16(17)24/h4-11,13H,3,12H2,1-2H3,(H,25,28)(H,26,30)/b18-11-/t13-/m0/s1. The number of rotatable bonds is 7. The maximum absolute atomic E-state index is 13.7. The Kier molecular flexibility index (Phi) is 6.91. The van der Waals surface area contributed by atoms with E-state index in [9.17, 15) is 18.8 Å². The first-order valence-corrected chi connectivity index (χ1v) is 10.0. The second-order valence-electron chi connectivity index (χ2n) is 6.93. The Balaban J connectivity index is 1.69. The fourth-order valence-corrected chi connectivity index (χ4v) is 3.01. The second kappa shape index (κ2) is 9.61. The third-order valence-electron chi connectivity index (χ3n) is 4.58. The minimum absolute atomic E-state index is 0.00136. The van der Waals surface area contributed by atoms with Gasteiger partial charge in [0.1, 0.15) is 23.8 Å². The third kappa shape index (κ3) is 5.40. The first kappa shape index (κ1) is 22.3. The second-order valence-corrected chi connectivity index (χ2v) is 7.34. The summed E-state index contributed by atoms with van der Waals surface area (Å²) in [5, 5.41) is 5.13. The summed E-state index contributed by atoms with van der Waals surface area (Å²) >= 11 is 6.25. The number of amides is 4. The number of anilines is 1. The molecule has 1 saturated heterocycles. The summed E-state index contributed by atoms with van der Waals surface area (Å²) in [5.41, 5.74) is 0.530. The lowest BCUT2D eigenvalue weighted by molar-refractivity contribution is -0.127. The van der Waals surface area contributed by atoms with E-state index in [2.05, 4.69) is 10.6 Å². The predicted molar refractivity (Wildman–Crippen MR) is 115 cm³/mol. The van der Waals surface area contributed by atoms with Crippen molar-refractivity contribution < 1.29 is 23.5 Å². The third-order valence-corrected chi connectivity index (χ3v) is 4.88. The van der Waals surface area contributed by atoms with E-state index in [1.54, 1.807) is 24.3 Å². The quantitative estimate of drug-likeness (QED) is 0.494. The number of carbonyl (C=O) groups excluding carboxylic acids is 3. The zero-order valence-corrected chi connectivity index (χ0v) is 17.7. The summed E-state index contributed by atoms with van der Waals surface area (Å²) in [6, 6.07) is 9.84. The number of urea groups is 1. The number of ether oxygens (including phenoxy) is 1. The van der Waals surface area contributed by atoms with E-state index in [1.807, 2.05) is 13.8 Å². The van der Waals surface area contributed by atoms with Crippen LogP contribution in [0.2, 0.25) is 5.02 Å². The van der Waals surface area contributed by atoms with Crippen molar-refractivity contribution >= 4 is 41.2 Å². The van der Waals surface area contributed by atoms with Gasteiger partial charge in [0.2, 0.25) is 5.91 Å². The molecule has 1 aliphatic rings. The molecule has 162 valence electrons. The number of nitrogens with one attached hydrogen (secondary N) is 2. The monoisotopic (exact) mass is 445 g/mol. The van der Waals surface area contributed by atoms with Crippen LogP contribution in [-0.4, -0.2) is 35.4 Å². The lowest BCUT2D eigenvalue weighted by atomic mass is 10.1. The van der Waals surface area contributed by atoms with Crippen molar-refractivity contribution in [3.63, 3.8) is 0 Å². The zero-order chi connectivity index (χ0) is 22.5. The fourth-order valence-electron chi connectivity index (χ4n) is 2.78. The topological polar surface area (TPSA) is 87.7 Å². The average molecular weight is 446 g/mol. The summed E-state index contributed by atoms with van der Waals surface area (Å²) in [6.07, 6.45) is 2.28. The number of imide groups is 1. The van der Waals surface area contributed by atoms with E-state index in [0.29, 0.717) is 16.3 Å². The van der Waals surface area contributed by atoms with Crippen molar-refractivity contribution in [2.45, 2.75) is 26.4 Å². The van der Waals surface area contributed by atoms with Gasteiger partial charge in [-0.1, -0.05) is 36.7 Å². The Morgan fingerprint density at radius 2 is 2.03 bits per heavy atom. The molecule has 0 radical (unpaired) electrons. The molecule has 0 aliphatic carbocycles. The molecular weight excluding hydrogens is 425 g/mol. The maximum atomic E-state index is 13.7. The maximum Gasteiger partial charge on any atom is 0.329 e. The van der Waals surface area contributed by atoms with Gasteiger partial charge in [-0.15, -0.1) is 0 Å². The smallest absolute Gasteiger partial charge is 0.329 e. The van der Waals surface area contributed by atoms with Gasteiger partial charge in [0.15, 0.2) is 0 Å². The number of benzene rings is 2. The molecule has 0 spiro atoms. The van der Waals surface area contributed by atoms with Crippen molar-refractivity contribution in [3.8, 4) is 5.75 Å². The molecule has 4 amide bonds. The summed E-state index contributed by atoms with van der Waals surface area (Å²) < 4.78 is 19.4. The molecule has 1 fully saturated rings. The van der Waals surface area contributed by atoms with E-state index in [1.165, 1.54) is 24.3 Å². The number of nitrogens with zero attached hydrogens (tertiary/aromatic N) is 1. The van der Waals surface area contributed by atoms with Crippen molar-refractivity contribution in [2.75, 3.05) is 11.9 Å². The van der Waals surface area contributed by atoms with E-state index >= 15 is 0 Å². The molecular formula is C22H21ClFN3O4. The van der Waals surface area contributed by atoms with Gasteiger partial charge >= 0.3 is 6.03 Å². The van der Waals surface area contributed by atoms with Gasteiger partial charge in [-0.2, -0.15) is 0 Å². The molecule has 1 aliphatic heterocycles. The first-order chi connectivity index (χ1) is 14.8. The summed E-state index contributed by atoms with van der Waals surface area (Å²) in [7, 11) is 0. The molecule has 2 aromatic carbocycles. The van der Waals surface area contributed by atoms with Crippen molar-refractivity contribution in [2.24, 2.45) is 0 Å². The molecule has 9 heteroatoms. The lowest BCUT2D eigenvalue weighted by Gasteiger charge is -2.14. The Hall–Kier alpha value is -3.39. The first-order valence-electron chi connectivity index (χ1n) is 9.63. The van der Waals surface area contributed by atoms with Crippen LogP contribution in [0.15, 0.2) is 48.2 Å². The molecule has 0 bridgehead atoms. The van der Waals surface area contributed by atoms with Gasteiger partial charge in [-0.25, -0.2) is 14.1 Å². The van der Waals surface area contributed by atoms with Gasteiger partial charge in [0.25, 0.3) is 5.91 Å². The molecule has 31 heavy (non-hydrogen) atoms. The Bertz CT molecular complexity index is 1060. The minimum Gasteiger partial charge on any atom is -0.489 e.